The molecule has 94 valence electrons. The van der Waals surface area contributed by atoms with Crippen molar-refractivity contribution in [1.82, 2.24) is 10.2 Å². The molecule has 1 aromatic carbocycles. The molecule has 0 spiro atoms. The Morgan fingerprint density at radius 2 is 1.88 bits per heavy atom. The molecule has 0 radical (unpaired) electrons. The minimum absolute atomic E-state index is 0.0205. The van der Waals surface area contributed by atoms with E-state index in [-0.39, 0.29) is 11.9 Å². The van der Waals surface area contributed by atoms with Gasteiger partial charge in [-0.1, -0.05) is 12.1 Å². The van der Waals surface area contributed by atoms with Crippen LogP contribution in [0.15, 0.2) is 24.3 Å². The molecule has 17 heavy (non-hydrogen) atoms. The second kappa shape index (κ2) is 6.37. The summed E-state index contributed by atoms with van der Waals surface area (Å²) in [5.74, 6) is -0.0205. The lowest BCUT2D eigenvalue weighted by atomic mass is 10.2. The maximum Gasteiger partial charge on any atom is 0.241 e. The van der Waals surface area contributed by atoms with Gasteiger partial charge in [-0.15, -0.1) is 0 Å². The summed E-state index contributed by atoms with van der Waals surface area (Å²) >= 11 is 0. The van der Waals surface area contributed by atoms with Gasteiger partial charge in [-0.05, 0) is 45.8 Å². The first kappa shape index (κ1) is 13.7. The van der Waals surface area contributed by atoms with Crippen LogP contribution in [0.1, 0.15) is 12.5 Å². The third-order valence-corrected chi connectivity index (χ3v) is 2.55. The van der Waals surface area contributed by atoms with Crippen molar-refractivity contribution < 1.29 is 4.79 Å². The van der Waals surface area contributed by atoms with E-state index in [0.29, 0.717) is 0 Å². The Kier molecular flexibility index (Phi) is 5.12. The van der Waals surface area contributed by atoms with Crippen molar-refractivity contribution in [1.29, 1.82) is 0 Å². The Morgan fingerprint density at radius 1 is 1.29 bits per heavy atom. The first-order valence-electron chi connectivity index (χ1n) is 5.74. The summed E-state index contributed by atoms with van der Waals surface area (Å²) in [6.45, 7) is 2.73. The van der Waals surface area contributed by atoms with E-state index in [9.17, 15) is 4.79 Å². The number of nitrogens with zero attached hydrogens (tertiary/aromatic N) is 1. The molecule has 1 atom stereocenters. The van der Waals surface area contributed by atoms with Crippen LogP contribution < -0.4 is 10.6 Å². The van der Waals surface area contributed by atoms with E-state index in [0.717, 1.165) is 12.2 Å². The average molecular weight is 235 g/mol. The van der Waals surface area contributed by atoms with E-state index in [1.54, 1.807) is 7.05 Å². The van der Waals surface area contributed by atoms with Gasteiger partial charge in [-0.25, -0.2) is 0 Å². The minimum atomic E-state index is -0.184. The number of likely N-dealkylation sites (N-methyl/N-ethyl adjacent to an activating group) is 1. The van der Waals surface area contributed by atoms with Gasteiger partial charge < -0.3 is 15.5 Å². The molecule has 0 saturated carbocycles. The number of anilines is 1. The summed E-state index contributed by atoms with van der Waals surface area (Å²) in [4.78, 5) is 13.7. The normalized spacial score (nSPS) is 12.5. The lowest BCUT2D eigenvalue weighted by Gasteiger charge is -2.12. The molecular weight excluding hydrogens is 214 g/mol. The number of carbonyl (C=O) groups excluding carboxylic acids is 1. The number of hydrogen-bond donors (Lipinski definition) is 2. The molecule has 2 N–H and O–H groups in total. The summed E-state index contributed by atoms with van der Waals surface area (Å²) in [6, 6.07) is 7.73. The van der Waals surface area contributed by atoms with Crippen molar-refractivity contribution in [2.75, 3.05) is 26.5 Å². The van der Waals surface area contributed by atoms with Gasteiger partial charge in [0, 0.05) is 12.2 Å². The van der Waals surface area contributed by atoms with Crippen LogP contribution in [-0.4, -0.2) is 38.0 Å². The molecule has 0 aliphatic carbocycles. The van der Waals surface area contributed by atoms with E-state index in [1.165, 1.54) is 5.56 Å². The van der Waals surface area contributed by atoms with Gasteiger partial charge in [0.15, 0.2) is 0 Å². The molecule has 0 saturated heterocycles. The topological polar surface area (TPSA) is 44.4 Å². The first-order chi connectivity index (χ1) is 8.02. The van der Waals surface area contributed by atoms with Gasteiger partial charge in [0.25, 0.3) is 0 Å². The summed E-state index contributed by atoms with van der Waals surface area (Å²) in [6.07, 6.45) is 0. The predicted molar refractivity (Wildman–Crippen MR) is 71.0 cm³/mol. The minimum Gasteiger partial charge on any atom is -0.325 e. The zero-order valence-electron chi connectivity index (χ0n) is 10.9. The largest absolute Gasteiger partial charge is 0.325 e. The maximum atomic E-state index is 11.6. The number of hydrogen-bond acceptors (Lipinski definition) is 3. The Labute approximate surface area is 103 Å². The molecule has 0 heterocycles. The van der Waals surface area contributed by atoms with Gasteiger partial charge in [0.1, 0.15) is 0 Å². The van der Waals surface area contributed by atoms with Crippen molar-refractivity contribution in [2.45, 2.75) is 19.5 Å². The highest BCUT2D eigenvalue weighted by atomic mass is 16.2. The van der Waals surface area contributed by atoms with Crippen LogP contribution in [0.25, 0.3) is 0 Å². The fourth-order valence-corrected chi connectivity index (χ4v) is 1.44. The van der Waals surface area contributed by atoms with Crippen molar-refractivity contribution in [3.05, 3.63) is 29.8 Å². The summed E-state index contributed by atoms with van der Waals surface area (Å²) in [7, 11) is 5.83. The second-order valence-corrected chi connectivity index (χ2v) is 4.43. The molecule has 1 aromatic rings. The summed E-state index contributed by atoms with van der Waals surface area (Å²) < 4.78 is 0. The average Bonchev–Trinajstić information content (AvgIpc) is 2.30. The smallest absolute Gasteiger partial charge is 0.241 e. The number of benzene rings is 1. The highest BCUT2D eigenvalue weighted by Crippen LogP contribution is 2.10. The number of amides is 1. The Balaban J connectivity index is 2.59. The van der Waals surface area contributed by atoms with Gasteiger partial charge in [-0.2, -0.15) is 0 Å². The van der Waals surface area contributed by atoms with Crippen LogP contribution in [0, 0.1) is 0 Å². The highest BCUT2D eigenvalue weighted by molar-refractivity contribution is 5.94. The molecule has 0 bridgehead atoms. The van der Waals surface area contributed by atoms with Crippen LogP contribution in [0.3, 0.4) is 0 Å². The quantitative estimate of drug-likeness (QED) is 0.808. The highest BCUT2D eigenvalue weighted by Gasteiger charge is 2.09. The number of rotatable bonds is 5. The molecular formula is C13H21N3O. The van der Waals surface area contributed by atoms with Gasteiger partial charge >= 0.3 is 0 Å². The van der Waals surface area contributed by atoms with Crippen LogP contribution in [0.4, 0.5) is 5.69 Å². The maximum absolute atomic E-state index is 11.6. The Morgan fingerprint density at radius 3 is 2.35 bits per heavy atom. The van der Waals surface area contributed by atoms with E-state index < -0.39 is 0 Å². The molecule has 0 aliphatic rings. The first-order valence-corrected chi connectivity index (χ1v) is 5.74. The Bertz CT molecular complexity index is 359. The Hall–Kier alpha value is -1.39. The second-order valence-electron chi connectivity index (χ2n) is 4.43. The number of carbonyl (C=O) groups is 1. The number of nitrogens with one attached hydrogen (secondary N) is 2. The van der Waals surface area contributed by atoms with Crippen LogP contribution in [0.5, 0.6) is 0 Å². The standard InChI is InChI=1S/C13H21N3O/c1-10(14-2)13(17)15-12-7-5-11(6-8-12)9-16(3)4/h5-8,10,14H,9H2,1-4H3,(H,15,17). The molecule has 4 heteroatoms. The van der Waals surface area contributed by atoms with Gasteiger partial charge in [0.05, 0.1) is 6.04 Å². The fourth-order valence-electron chi connectivity index (χ4n) is 1.44. The molecule has 0 aliphatic heterocycles. The van der Waals surface area contributed by atoms with Crippen LogP contribution >= 0.6 is 0 Å². The van der Waals surface area contributed by atoms with E-state index in [2.05, 4.69) is 15.5 Å². The zero-order valence-corrected chi connectivity index (χ0v) is 10.9. The summed E-state index contributed by atoms with van der Waals surface area (Å²) in [5.41, 5.74) is 2.06. The van der Waals surface area contributed by atoms with Crippen molar-refractivity contribution in [2.24, 2.45) is 0 Å². The third kappa shape index (κ3) is 4.54. The summed E-state index contributed by atoms with van der Waals surface area (Å²) in [5, 5.41) is 5.76. The lowest BCUT2D eigenvalue weighted by molar-refractivity contribution is -0.117. The van der Waals surface area contributed by atoms with E-state index >= 15 is 0 Å². The molecule has 4 nitrogen and oxygen atoms in total. The van der Waals surface area contributed by atoms with Crippen molar-refractivity contribution >= 4 is 11.6 Å². The van der Waals surface area contributed by atoms with Crippen molar-refractivity contribution in [3.63, 3.8) is 0 Å². The van der Waals surface area contributed by atoms with Gasteiger partial charge in [0.2, 0.25) is 5.91 Å². The monoisotopic (exact) mass is 235 g/mol. The lowest BCUT2D eigenvalue weighted by Crippen LogP contribution is -2.35. The molecule has 1 amide bonds. The van der Waals surface area contributed by atoms with Crippen LogP contribution in [-0.2, 0) is 11.3 Å². The van der Waals surface area contributed by atoms with Gasteiger partial charge in [-0.3, -0.25) is 4.79 Å². The molecule has 1 unspecified atom stereocenters. The predicted octanol–water partition coefficient (Wildman–Crippen LogP) is 1.29. The molecule has 1 rings (SSSR count). The fraction of sp³-hybridized carbons (Fsp3) is 0.462. The van der Waals surface area contributed by atoms with Crippen LogP contribution in [0.2, 0.25) is 0 Å². The molecule has 0 aromatic heterocycles. The molecule has 0 fully saturated rings. The van der Waals surface area contributed by atoms with E-state index in [1.807, 2.05) is 45.3 Å². The van der Waals surface area contributed by atoms with Crippen molar-refractivity contribution in [3.8, 4) is 0 Å². The zero-order chi connectivity index (χ0) is 12.8. The third-order valence-electron chi connectivity index (χ3n) is 2.55. The SMILES string of the molecule is CNC(C)C(=O)Nc1ccc(CN(C)C)cc1. The van der Waals surface area contributed by atoms with E-state index in [4.69, 9.17) is 0 Å².